The number of carbonyl (C=O) groups is 1. The molecule has 178 valence electrons. The first kappa shape index (κ1) is 23.4. The molecular formula is C25H33F2N5O. The van der Waals surface area contributed by atoms with Crippen LogP contribution in [0.2, 0.25) is 0 Å². The van der Waals surface area contributed by atoms with E-state index in [1.54, 1.807) is 13.1 Å². The zero-order chi connectivity index (χ0) is 23.8. The van der Waals surface area contributed by atoms with Gasteiger partial charge in [-0.2, -0.15) is 0 Å². The second kappa shape index (κ2) is 9.25. The molecule has 1 aromatic rings. The SMILES string of the molecule is CNCC(C)(C=N)c1cc2c(cc1C(F)F)N(C1CC=CC3=C1N[C@H](C)CC(=O)N3)CCC2. The Bertz CT molecular complexity index is 1000. The summed E-state index contributed by atoms with van der Waals surface area (Å²) in [4.78, 5) is 14.4. The molecule has 6 nitrogen and oxygen atoms in total. The Balaban J connectivity index is 1.79. The van der Waals surface area contributed by atoms with Gasteiger partial charge in [0.2, 0.25) is 5.91 Å². The van der Waals surface area contributed by atoms with Crippen LogP contribution in [0.15, 0.2) is 35.7 Å². The molecule has 1 aromatic carbocycles. The van der Waals surface area contributed by atoms with Gasteiger partial charge in [-0.25, -0.2) is 8.78 Å². The van der Waals surface area contributed by atoms with Gasteiger partial charge < -0.3 is 26.3 Å². The maximum atomic E-state index is 14.3. The minimum Gasteiger partial charge on any atom is -0.382 e. The molecule has 2 aliphatic heterocycles. The Morgan fingerprint density at radius 2 is 2.18 bits per heavy atom. The van der Waals surface area contributed by atoms with Gasteiger partial charge in [0.25, 0.3) is 6.43 Å². The summed E-state index contributed by atoms with van der Waals surface area (Å²) < 4.78 is 28.6. The van der Waals surface area contributed by atoms with Gasteiger partial charge in [-0.15, -0.1) is 0 Å². The van der Waals surface area contributed by atoms with Gasteiger partial charge in [0.1, 0.15) is 0 Å². The van der Waals surface area contributed by atoms with Gasteiger partial charge in [-0.3, -0.25) is 4.79 Å². The van der Waals surface area contributed by atoms with E-state index in [1.165, 1.54) is 6.21 Å². The Hall–Kier alpha value is -2.74. The van der Waals surface area contributed by atoms with E-state index in [0.29, 0.717) is 18.5 Å². The van der Waals surface area contributed by atoms with Crippen molar-refractivity contribution in [3.05, 3.63) is 52.4 Å². The number of nitrogens with one attached hydrogen (secondary N) is 4. The van der Waals surface area contributed by atoms with E-state index < -0.39 is 11.8 Å². The van der Waals surface area contributed by atoms with Crippen LogP contribution < -0.4 is 20.9 Å². The van der Waals surface area contributed by atoms with Crippen LogP contribution in [0.25, 0.3) is 0 Å². The van der Waals surface area contributed by atoms with Crippen molar-refractivity contribution in [2.75, 3.05) is 25.0 Å². The molecule has 2 heterocycles. The fourth-order valence-electron chi connectivity index (χ4n) is 5.33. The number of amides is 1. The summed E-state index contributed by atoms with van der Waals surface area (Å²) in [6.45, 7) is 4.97. The molecule has 0 saturated heterocycles. The van der Waals surface area contributed by atoms with E-state index in [2.05, 4.69) is 20.9 Å². The summed E-state index contributed by atoms with van der Waals surface area (Å²) in [6.07, 6.45) is 5.44. The smallest absolute Gasteiger partial charge is 0.264 e. The molecular weight excluding hydrogens is 424 g/mol. The van der Waals surface area contributed by atoms with Crippen LogP contribution in [0.3, 0.4) is 0 Å². The lowest BCUT2D eigenvalue weighted by atomic mass is 9.78. The van der Waals surface area contributed by atoms with Crippen molar-refractivity contribution in [2.45, 2.75) is 63.5 Å². The number of aryl methyl sites for hydroxylation is 1. The minimum atomic E-state index is -2.64. The van der Waals surface area contributed by atoms with E-state index in [-0.39, 0.29) is 23.6 Å². The normalized spacial score (nSPS) is 24.4. The van der Waals surface area contributed by atoms with Crippen molar-refractivity contribution in [1.82, 2.24) is 16.0 Å². The number of alkyl halides is 2. The van der Waals surface area contributed by atoms with Crippen molar-refractivity contribution >= 4 is 17.8 Å². The number of hydrogen-bond donors (Lipinski definition) is 4. The summed E-state index contributed by atoms with van der Waals surface area (Å²) in [6, 6.07) is 3.46. The number of anilines is 1. The lowest BCUT2D eigenvalue weighted by Crippen LogP contribution is -2.46. The molecule has 2 unspecified atom stereocenters. The second-order valence-corrected chi connectivity index (χ2v) is 9.54. The van der Waals surface area contributed by atoms with Crippen LogP contribution in [-0.2, 0) is 16.6 Å². The zero-order valence-electron chi connectivity index (χ0n) is 19.5. The molecule has 0 fully saturated rings. The van der Waals surface area contributed by atoms with Crippen LogP contribution in [0.1, 0.15) is 56.2 Å². The quantitative estimate of drug-likeness (QED) is 0.493. The predicted octanol–water partition coefficient (Wildman–Crippen LogP) is 3.54. The lowest BCUT2D eigenvalue weighted by Gasteiger charge is -2.42. The minimum absolute atomic E-state index is 0.00963. The molecule has 4 rings (SSSR count). The molecule has 0 aromatic heterocycles. The second-order valence-electron chi connectivity index (χ2n) is 9.54. The van der Waals surface area contributed by atoms with Gasteiger partial charge in [0, 0.05) is 48.4 Å². The highest BCUT2D eigenvalue weighted by atomic mass is 19.3. The Kier molecular flexibility index (Phi) is 6.56. The fraction of sp³-hybridized carbons (Fsp3) is 0.520. The van der Waals surface area contributed by atoms with Crippen LogP contribution in [-0.4, -0.2) is 44.3 Å². The third kappa shape index (κ3) is 4.40. The monoisotopic (exact) mass is 457 g/mol. The first-order chi connectivity index (χ1) is 15.8. The van der Waals surface area contributed by atoms with Gasteiger partial charge in [-0.05, 0) is 63.4 Å². The highest BCUT2D eigenvalue weighted by Gasteiger charge is 2.36. The van der Waals surface area contributed by atoms with Crippen molar-refractivity contribution in [3.8, 4) is 0 Å². The van der Waals surface area contributed by atoms with E-state index in [4.69, 9.17) is 5.41 Å². The van der Waals surface area contributed by atoms with E-state index in [1.807, 2.05) is 32.1 Å². The van der Waals surface area contributed by atoms with Crippen LogP contribution in [0.5, 0.6) is 0 Å². The van der Waals surface area contributed by atoms with Crippen molar-refractivity contribution in [3.63, 3.8) is 0 Å². The first-order valence-electron chi connectivity index (χ1n) is 11.6. The third-order valence-corrected chi connectivity index (χ3v) is 6.93. The number of halogens is 2. The number of carbonyl (C=O) groups excluding carboxylic acids is 1. The molecule has 3 atom stereocenters. The molecule has 0 bridgehead atoms. The number of rotatable bonds is 6. The Morgan fingerprint density at radius 3 is 2.88 bits per heavy atom. The number of likely N-dealkylation sites (N-methyl/N-ethyl adjacent to an activating group) is 1. The average Bonchev–Trinajstić information content (AvgIpc) is 2.93. The standard InChI is InChI=1S/C25H33F2N5O/c1-15-10-22(33)31-19-7-4-8-20(23(19)30-15)32-9-5-6-16-11-18(25(2,13-28)14-29-3)17(24(26)27)12-21(16)32/h4,7,11-13,15,20,24,28-30H,5-6,8-10,14H2,1-3H3,(H,31,33)/t15-,20?,25?/m1/s1. The van der Waals surface area contributed by atoms with Gasteiger partial charge in [-0.1, -0.05) is 12.1 Å². The largest absolute Gasteiger partial charge is 0.382 e. The molecule has 1 amide bonds. The summed E-state index contributed by atoms with van der Waals surface area (Å²) in [7, 11) is 1.77. The third-order valence-electron chi connectivity index (χ3n) is 6.93. The van der Waals surface area contributed by atoms with Gasteiger partial charge >= 0.3 is 0 Å². The molecule has 1 aliphatic carbocycles. The van der Waals surface area contributed by atoms with E-state index >= 15 is 0 Å². The summed E-state index contributed by atoms with van der Waals surface area (Å²) in [5, 5.41) is 17.5. The molecule has 33 heavy (non-hydrogen) atoms. The molecule has 0 spiro atoms. The molecule has 0 saturated carbocycles. The Morgan fingerprint density at radius 1 is 1.39 bits per heavy atom. The topological polar surface area (TPSA) is 80.2 Å². The summed E-state index contributed by atoms with van der Waals surface area (Å²) in [5.74, 6) is -0.0237. The molecule has 4 N–H and O–H groups in total. The van der Waals surface area contributed by atoms with Gasteiger partial charge in [0.05, 0.1) is 17.4 Å². The maximum absolute atomic E-state index is 14.3. The average molecular weight is 458 g/mol. The van der Waals surface area contributed by atoms with Crippen LogP contribution in [0.4, 0.5) is 14.5 Å². The number of allylic oxidation sites excluding steroid dienone is 1. The van der Waals surface area contributed by atoms with E-state index in [0.717, 1.165) is 48.5 Å². The van der Waals surface area contributed by atoms with Crippen molar-refractivity contribution in [2.24, 2.45) is 0 Å². The van der Waals surface area contributed by atoms with Gasteiger partial charge in [0.15, 0.2) is 0 Å². The fourth-order valence-corrected chi connectivity index (χ4v) is 5.33. The zero-order valence-corrected chi connectivity index (χ0v) is 19.5. The van der Waals surface area contributed by atoms with Crippen LogP contribution in [0, 0.1) is 5.41 Å². The molecule has 0 radical (unpaired) electrons. The maximum Gasteiger partial charge on any atom is 0.264 e. The summed E-state index contributed by atoms with van der Waals surface area (Å²) in [5.41, 5.74) is 3.26. The molecule has 8 heteroatoms. The number of hydrogen-bond acceptors (Lipinski definition) is 5. The van der Waals surface area contributed by atoms with Crippen molar-refractivity contribution in [1.29, 1.82) is 5.41 Å². The van der Waals surface area contributed by atoms with E-state index in [9.17, 15) is 13.6 Å². The number of nitrogens with zero attached hydrogens (tertiary/aromatic N) is 1. The predicted molar refractivity (Wildman–Crippen MR) is 127 cm³/mol. The number of benzene rings is 1. The lowest BCUT2D eigenvalue weighted by molar-refractivity contribution is -0.120. The van der Waals surface area contributed by atoms with Crippen LogP contribution >= 0.6 is 0 Å². The summed E-state index contributed by atoms with van der Waals surface area (Å²) >= 11 is 0. The number of fused-ring (bicyclic) bond motifs is 1. The molecule has 3 aliphatic rings. The Labute approximate surface area is 194 Å². The first-order valence-corrected chi connectivity index (χ1v) is 11.6. The highest BCUT2D eigenvalue weighted by Crippen LogP contribution is 2.41. The van der Waals surface area contributed by atoms with Crippen molar-refractivity contribution < 1.29 is 13.6 Å². The highest BCUT2D eigenvalue weighted by molar-refractivity contribution is 5.80.